The van der Waals surface area contributed by atoms with Gasteiger partial charge >= 0.3 is 7.12 Å². The zero-order valence-electron chi connectivity index (χ0n) is 17.5. The Morgan fingerprint density at radius 3 is 2.77 bits per heavy atom. The SMILES string of the molecule is CC1(C)C2CC3OB(c4ccc(CSc5ncnc6[nH]cnc56)cc4)OC3(C)C1C2. The van der Waals surface area contributed by atoms with Crippen molar-refractivity contribution in [1.82, 2.24) is 19.9 Å². The summed E-state index contributed by atoms with van der Waals surface area (Å²) < 4.78 is 13.0. The minimum absolute atomic E-state index is 0.167. The van der Waals surface area contributed by atoms with E-state index in [-0.39, 0.29) is 18.8 Å². The zero-order valence-corrected chi connectivity index (χ0v) is 18.3. The van der Waals surface area contributed by atoms with Crippen LogP contribution < -0.4 is 5.46 Å². The summed E-state index contributed by atoms with van der Waals surface area (Å²) in [5, 5.41) is 0.895. The third kappa shape index (κ3) is 2.70. The van der Waals surface area contributed by atoms with Gasteiger partial charge in [-0.15, -0.1) is 0 Å². The maximum atomic E-state index is 6.58. The zero-order chi connectivity index (χ0) is 20.5. The molecule has 8 heteroatoms. The van der Waals surface area contributed by atoms with Crippen molar-refractivity contribution in [3.8, 4) is 0 Å². The Morgan fingerprint density at radius 2 is 1.97 bits per heavy atom. The molecular weight excluding hydrogens is 395 g/mol. The van der Waals surface area contributed by atoms with Gasteiger partial charge in [0, 0.05) is 5.75 Å². The lowest BCUT2D eigenvalue weighted by atomic mass is 9.43. The lowest BCUT2D eigenvalue weighted by Gasteiger charge is -2.64. The number of benzene rings is 1. The summed E-state index contributed by atoms with van der Waals surface area (Å²) in [7, 11) is -0.262. The molecule has 3 aromatic rings. The molecular formula is C22H25BN4O2S. The molecule has 2 aromatic heterocycles. The van der Waals surface area contributed by atoms with Crippen molar-refractivity contribution in [2.45, 2.75) is 56.1 Å². The Labute approximate surface area is 180 Å². The third-order valence-corrected chi connectivity index (χ3v) is 8.81. The topological polar surface area (TPSA) is 72.9 Å². The maximum Gasteiger partial charge on any atom is 0.494 e. The van der Waals surface area contributed by atoms with Gasteiger partial charge in [-0.05, 0) is 48.0 Å². The first-order chi connectivity index (χ1) is 14.4. The number of fused-ring (bicyclic) bond motifs is 1. The second kappa shape index (κ2) is 6.55. The average molecular weight is 420 g/mol. The standard InChI is InChI=1S/C22H25BN4O2S/c1-21(2)14-8-16(21)22(3)17(9-14)28-23(29-22)15-6-4-13(5-7-15)10-30-20-18-19(25-11-24-18)26-12-27-20/h4-7,11-12,14,16-17H,8-10H2,1-3H3,(H,24,25,26,27). The molecule has 4 unspecified atom stereocenters. The first kappa shape index (κ1) is 18.8. The Balaban J connectivity index is 1.15. The van der Waals surface area contributed by atoms with Crippen LogP contribution in [-0.2, 0) is 15.1 Å². The third-order valence-electron chi connectivity index (χ3n) is 7.76. The molecule has 1 aromatic carbocycles. The Morgan fingerprint density at radius 1 is 1.13 bits per heavy atom. The first-order valence-electron chi connectivity index (χ1n) is 10.6. The molecule has 4 atom stereocenters. The molecule has 3 saturated carbocycles. The lowest BCUT2D eigenvalue weighted by Crippen LogP contribution is -2.65. The van der Waals surface area contributed by atoms with Crippen molar-refractivity contribution in [2.75, 3.05) is 0 Å². The van der Waals surface area contributed by atoms with Crippen molar-refractivity contribution in [3.05, 3.63) is 42.5 Å². The number of H-pyrrole nitrogens is 1. The predicted molar refractivity (Wildman–Crippen MR) is 117 cm³/mol. The Bertz CT molecular complexity index is 1100. The fourth-order valence-corrected chi connectivity index (χ4v) is 6.68. The molecule has 4 fully saturated rings. The first-order valence-corrected chi connectivity index (χ1v) is 11.6. The van der Waals surface area contributed by atoms with Crippen LogP contribution >= 0.6 is 11.8 Å². The number of rotatable bonds is 4. The van der Waals surface area contributed by atoms with E-state index < -0.39 is 0 Å². The van der Waals surface area contributed by atoms with E-state index in [1.807, 2.05) is 0 Å². The summed E-state index contributed by atoms with van der Waals surface area (Å²) in [6, 6.07) is 8.60. The van der Waals surface area contributed by atoms with E-state index in [1.54, 1.807) is 24.4 Å². The van der Waals surface area contributed by atoms with Gasteiger partial charge in [-0.2, -0.15) is 0 Å². The van der Waals surface area contributed by atoms with Crippen LogP contribution in [0.1, 0.15) is 39.2 Å². The van der Waals surface area contributed by atoms with E-state index in [0.29, 0.717) is 11.3 Å². The monoisotopic (exact) mass is 420 g/mol. The highest BCUT2D eigenvalue weighted by Gasteiger charge is 2.67. The van der Waals surface area contributed by atoms with Crippen LogP contribution in [0, 0.1) is 17.3 Å². The number of hydrogen-bond acceptors (Lipinski definition) is 6. The Kier molecular flexibility index (Phi) is 4.11. The summed E-state index contributed by atoms with van der Waals surface area (Å²) in [4.78, 5) is 15.9. The van der Waals surface area contributed by atoms with E-state index in [2.05, 4.69) is 65.0 Å². The molecule has 1 saturated heterocycles. The summed E-state index contributed by atoms with van der Waals surface area (Å²) in [6.07, 6.45) is 5.84. The molecule has 6 nitrogen and oxygen atoms in total. The van der Waals surface area contributed by atoms with Gasteiger partial charge in [0.25, 0.3) is 0 Å². The van der Waals surface area contributed by atoms with E-state index in [9.17, 15) is 0 Å². The molecule has 0 amide bonds. The van der Waals surface area contributed by atoms with Crippen LogP contribution in [0.5, 0.6) is 0 Å². The van der Waals surface area contributed by atoms with Crippen molar-refractivity contribution in [3.63, 3.8) is 0 Å². The summed E-state index contributed by atoms with van der Waals surface area (Å²) in [5.41, 5.74) is 4.13. The molecule has 7 rings (SSSR count). The summed E-state index contributed by atoms with van der Waals surface area (Å²) in [5.74, 6) is 2.18. The van der Waals surface area contributed by atoms with E-state index in [0.717, 1.165) is 39.7 Å². The van der Waals surface area contributed by atoms with Gasteiger partial charge in [0.1, 0.15) is 16.9 Å². The second-order valence-corrected chi connectivity index (χ2v) is 10.6. The van der Waals surface area contributed by atoms with Crippen molar-refractivity contribution in [1.29, 1.82) is 0 Å². The number of aromatic amines is 1. The van der Waals surface area contributed by atoms with Crippen LogP contribution in [0.4, 0.5) is 0 Å². The van der Waals surface area contributed by atoms with Gasteiger partial charge in [0.2, 0.25) is 0 Å². The number of hydrogen-bond donors (Lipinski definition) is 1. The minimum atomic E-state index is -0.262. The van der Waals surface area contributed by atoms with Crippen molar-refractivity contribution >= 4 is 35.5 Å². The number of thioether (sulfide) groups is 1. The van der Waals surface area contributed by atoms with Crippen molar-refractivity contribution in [2.24, 2.45) is 17.3 Å². The number of imidazole rings is 1. The van der Waals surface area contributed by atoms with Crippen LogP contribution in [-0.4, -0.2) is 38.8 Å². The molecule has 1 aliphatic heterocycles. The smallest absolute Gasteiger partial charge is 0.402 e. The van der Waals surface area contributed by atoms with Gasteiger partial charge in [0.15, 0.2) is 5.65 Å². The van der Waals surface area contributed by atoms with Crippen LogP contribution in [0.2, 0.25) is 0 Å². The average Bonchev–Trinajstić information content (AvgIpc) is 3.36. The van der Waals surface area contributed by atoms with Gasteiger partial charge in [-0.3, -0.25) is 0 Å². The normalized spacial score (nSPS) is 31.6. The fourth-order valence-electron chi connectivity index (χ4n) is 5.78. The molecule has 3 heterocycles. The summed E-state index contributed by atoms with van der Waals surface area (Å²) in [6.45, 7) is 7.05. The number of nitrogens with one attached hydrogen (secondary N) is 1. The highest BCUT2D eigenvalue weighted by atomic mass is 32.2. The van der Waals surface area contributed by atoms with E-state index in [1.165, 1.54) is 12.0 Å². The van der Waals surface area contributed by atoms with Crippen molar-refractivity contribution < 1.29 is 9.31 Å². The number of nitrogens with zero attached hydrogens (tertiary/aromatic N) is 3. The van der Waals surface area contributed by atoms with Gasteiger partial charge < -0.3 is 14.3 Å². The molecule has 3 aliphatic carbocycles. The number of aromatic nitrogens is 4. The van der Waals surface area contributed by atoms with E-state index in [4.69, 9.17) is 9.31 Å². The Hall–Kier alpha value is -1.90. The molecule has 154 valence electrons. The molecule has 2 bridgehead atoms. The molecule has 1 N–H and O–H groups in total. The van der Waals surface area contributed by atoms with Gasteiger partial charge in [-0.25, -0.2) is 15.0 Å². The second-order valence-electron chi connectivity index (χ2n) is 9.61. The predicted octanol–water partition coefficient (Wildman–Crippen LogP) is 3.58. The van der Waals surface area contributed by atoms with Gasteiger partial charge in [-0.1, -0.05) is 49.9 Å². The molecule has 30 heavy (non-hydrogen) atoms. The maximum absolute atomic E-state index is 6.58. The summed E-state index contributed by atoms with van der Waals surface area (Å²) >= 11 is 1.67. The van der Waals surface area contributed by atoms with E-state index >= 15 is 0 Å². The highest BCUT2D eigenvalue weighted by molar-refractivity contribution is 7.98. The van der Waals surface area contributed by atoms with Crippen LogP contribution in [0.3, 0.4) is 0 Å². The largest absolute Gasteiger partial charge is 0.494 e. The van der Waals surface area contributed by atoms with Crippen LogP contribution in [0.15, 0.2) is 41.9 Å². The molecule has 4 aliphatic rings. The molecule has 0 spiro atoms. The highest BCUT2D eigenvalue weighted by Crippen LogP contribution is 2.65. The lowest BCUT2D eigenvalue weighted by molar-refractivity contribution is -0.199. The van der Waals surface area contributed by atoms with Crippen LogP contribution in [0.25, 0.3) is 11.2 Å². The molecule has 0 radical (unpaired) electrons. The quantitative estimate of drug-likeness (QED) is 0.395. The minimum Gasteiger partial charge on any atom is -0.402 e. The van der Waals surface area contributed by atoms with Gasteiger partial charge in [0.05, 0.1) is 18.0 Å². The fraction of sp³-hybridized carbons (Fsp3) is 0.500.